The van der Waals surface area contributed by atoms with Crippen LogP contribution in [-0.2, 0) is 19.6 Å². The summed E-state index contributed by atoms with van der Waals surface area (Å²) >= 11 is 0. The Morgan fingerprint density at radius 1 is 1.53 bits per heavy atom. The Morgan fingerprint density at radius 2 is 2.21 bits per heavy atom. The van der Waals surface area contributed by atoms with Crippen molar-refractivity contribution in [2.24, 2.45) is 0 Å². The van der Waals surface area contributed by atoms with E-state index in [1.807, 2.05) is 0 Å². The third-order valence-electron chi connectivity index (χ3n) is 2.77. The molecule has 0 saturated carbocycles. The standard InChI is InChI=1S/C11H21N3O4S/c1-3-7-19(17,18)13-9(2)11(16)14-6-4-5-12-10(15)8-14/h9,13H,3-8H2,1-2H3,(H,12,15). The van der Waals surface area contributed by atoms with Crippen LogP contribution in [0.3, 0.4) is 0 Å². The molecule has 110 valence electrons. The Balaban J connectivity index is 2.63. The van der Waals surface area contributed by atoms with Crippen molar-refractivity contribution in [2.45, 2.75) is 32.7 Å². The van der Waals surface area contributed by atoms with Gasteiger partial charge in [-0.3, -0.25) is 9.59 Å². The van der Waals surface area contributed by atoms with Gasteiger partial charge in [-0.15, -0.1) is 0 Å². The summed E-state index contributed by atoms with van der Waals surface area (Å²) < 4.78 is 25.5. The molecule has 1 saturated heterocycles. The zero-order valence-electron chi connectivity index (χ0n) is 11.3. The van der Waals surface area contributed by atoms with E-state index >= 15 is 0 Å². The quantitative estimate of drug-likeness (QED) is 0.683. The first kappa shape index (κ1) is 15.9. The van der Waals surface area contributed by atoms with Crippen molar-refractivity contribution in [1.29, 1.82) is 0 Å². The molecule has 0 aromatic rings. The lowest BCUT2D eigenvalue weighted by molar-refractivity contribution is -0.136. The zero-order valence-corrected chi connectivity index (χ0v) is 12.1. The molecule has 1 fully saturated rings. The van der Waals surface area contributed by atoms with Gasteiger partial charge in [0.15, 0.2) is 0 Å². The van der Waals surface area contributed by atoms with E-state index in [4.69, 9.17) is 0 Å². The van der Waals surface area contributed by atoms with E-state index in [1.54, 1.807) is 6.92 Å². The second kappa shape index (κ2) is 6.85. The Hall–Kier alpha value is -1.15. The number of carbonyl (C=O) groups excluding carboxylic acids is 2. The summed E-state index contributed by atoms with van der Waals surface area (Å²) in [4.78, 5) is 24.9. The summed E-state index contributed by atoms with van der Waals surface area (Å²) in [7, 11) is -3.44. The maximum atomic E-state index is 12.1. The van der Waals surface area contributed by atoms with Gasteiger partial charge in [0.05, 0.1) is 18.3 Å². The summed E-state index contributed by atoms with van der Waals surface area (Å²) in [5.74, 6) is -0.586. The molecule has 1 aliphatic rings. The number of sulfonamides is 1. The highest BCUT2D eigenvalue weighted by Crippen LogP contribution is 2.02. The third kappa shape index (κ3) is 5.15. The number of rotatable bonds is 5. The molecule has 8 heteroatoms. The molecule has 19 heavy (non-hydrogen) atoms. The minimum atomic E-state index is -3.44. The molecule has 1 rings (SSSR count). The molecule has 1 heterocycles. The van der Waals surface area contributed by atoms with Crippen LogP contribution >= 0.6 is 0 Å². The summed E-state index contributed by atoms with van der Waals surface area (Å²) in [6, 6.07) is -0.845. The number of carbonyl (C=O) groups is 2. The number of hydrogen-bond acceptors (Lipinski definition) is 4. The second-order valence-corrected chi connectivity index (χ2v) is 6.50. The fraction of sp³-hybridized carbons (Fsp3) is 0.818. The van der Waals surface area contributed by atoms with Gasteiger partial charge in [-0.25, -0.2) is 13.1 Å². The van der Waals surface area contributed by atoms with Gasteiger partial charge in [-0.05, 0) is 19.8 Å². The highest BCUT2D eigenvalue weighted by molar-refractivity contribution is 7.89. The fourth-order valence-corrected chi connectivity index (χ4v) is 3.21. The van der Waals surface area contributed by atoms with E-state index in [2.05, 4.69) is 10.0 Å². The van der Waals surface area contributed by atoms with Gasteiger partial charge in [0.2, 0.25) is 21.8 Å². The Labute approximate surface area is 113 Å². The van der Waals surface area contributed by atoms with Crippen LogP contribution in [0.4, 0.5) is 0 Å². The molecule has 0 aromatic carbocycles. The van der Waals surface area contributed by atoms with Gasteiger partial charge >= 0.3 is 0 Å². The monoisotopic (exact) mass is 291 g/mol. The first-order valence-electron chi connectivity index (χ1n) is 6.41. The normalized spacial score (nSPS) is 18.6. The van der Waals surface area contributed by atoms with Crippen molar-refractivity contribution < 1.29 is 18.0 Å². The van der Waals surface area contributed by atoms with Crippen LogP contribution in [0.5, 0.6) is 0 Å². The largest absolute Gasteiger partial charge is 0.354 e. The maximum absolute atomic E-state index is 12.1. The van der Waals surface area contributed by atoms with Gasteiger partial charge < -0.3 is 10.2 Å². The molecule has 0 radical (unpaired) electrons. The molecule has 0 bridgehead atoms. The van der Waals surface area contributed by atoms with Gasteiger partial charge in [0, 0.05) is 13.1 Å². The van der Waals surface area contributed by atoms with Crippen molar-refractivity contribution in [1.82, 2.24) is 14.9 Å². The van der Waals surface area contributed by atoms with Crippen LogP contribution < -0.4 is 10.0 Å². The van der Waals surface area contributed by atoms with E-state index in [0.29, 0.717) is 25.9 Å². The number of nitrogens with zero attached hydrogens (tertiary/aromatic N) is 1. The average molecular weight is 291 g/mol. The average Bonchev–Trinajstić information content (AvgIpc) is 2.52. The maximum Gasteiger partial charge on any atom is 0.240 e. The molecular formula is C11H21N3O4S. The molecule has 0 spiro atoms. The van der Waals surface area contributed by atoms with Crippen LogP contribution in [0.2, 0.25) is 0 Å². The second-order valence-electron chi connectivity index (χ2n) is 4.62. The van der Waals surface area contributed by atoms with Gasteiger partial charge in [0.1, 0.15) is 0 Å². The Kier molecular flexibility index (Phi) is 5.74. The molecule has 0 aliphatic carbocycles. The molecular weight excluding hydrogens is 270 g/mol. The predicted octanol–water partition coefficient (Wildman–Crippen LogP) is -0.947. The van der Waals surface area contributed by atoms with Gasteiger partial charge in [-0.1, -0.05) is 6.92 Å². The fourth-order valence-electron chi connectivity index (χ4n) is 1.92. The Morgan fingerprint density at radius 3 is 2.84 bits per heavy atom. The summed E-state index contributed by atoms with van der Waals surface area (Å²) in [6.45, 7) is 4.23. The van der Waals surface area contributed by atoms with E-state index in [1.165, 1.54) is 11.8 Å². The smallest absolute Gasteiger partial charge is 0.240 e. The SMILES string of the molecule is CCCS(=O)(=O)NC(C)C(=O)N1CCCNC(=O)C1. The molecule has 1 aliphatic heterocycles. The first-order valence-corrected chi connectivity index (χ1v) is 8.06. The molecule has 2 N–H and O–H groups in total. The van der Waals surface area contributed by atoms with Crippen LogP contribution in [-0.4, -0.2) is 56.6 Å². The lowest BCUT2D eigenvalue weighted by Crippen LogP contribution is -2.49. The number of amides is 2. The van der Waals surface area contributed by atoms with Crippen LogP contribution in [0, 0.1) is 0 Å². The summed E-state index contributed by atoms with van der Waals surface area (Å²) in [6.07, 6.45) is 1.16. The zero-order chi connectivity index (χ0) is 14.5. The Bertz CT molecular complexity index is 435. The minimum absolute atomic E-state index is 0.00882. The lowest BCUT2D eigenvalue weighted by Gasteiger charge is -2.23. The predicted molar refractivity (Wildman–Crippen MR) is 70.9 cm³/mol. The highest BCUT2D eigenvalue weighted by atomic mass is 32.2. The lowest BCUT2D eigenvalue weighted by atomic mass is 10.3. The molecule has 0 aromatic heterocycles. The highest BCUT2D eigenvalue weighted by Gasteiger charge is 2.26. The summed E-state index contributed by atoms with van der Waals surface area (Å²) in [5.41, 5.74) is 0. The van der Waals surface area contributed by atoms with Crippen molar-refractivity contribution in [3.63, 3.8) is 0 Å². The van der Waals surface area contributed by atoms with Crippen molar-refractivity contribution in [2.75, 3.05) is 25.4 Å². The molecule has 7 nitrogen and oxygen atoms in total. The van der Waals surface area contributed by atoms with Crippen molar-refractivity contribution in [3.05, 3.63) is 0 Å². The van der Waals surface area contributed by atoms with Crippen molar-refractivity contribution >= 4 is 21.8 Å². The summed E-state index contributed by atoms with van der Waals surface area (Å²) in [5, 5.41) is 2.67. The molecule has 2 amide bonds. The first-order chi connectivity index (χ1) is 8.85. The van der Waals surface area contributed by atoms with Crippen LogP contribution in [0.25, 0.3) is 0 Å². The van der Waals surface area contributed by atoms with Gasteiger partial charge in [0.25, 0.3) is 0 Å². The number of hydrogen-bond donors (Lipinski definition) is 2. The topological polar surface area (TPSA) is 95.6 Å². The molecule has 1 atom stereocenters. The van der Waals surface area contributed by atoms with Gasteiger partial charge in [-0.2, -0.15) is 0 Å². The van der Waals surface area contributed by atoms with Crippen LogP contribution in [0.1, 0.15) is 26.7 Å². The van der Waals surface area contributed by atoms with Crippen LogP contribution in [0.15, 0.2) is 0 Å². The van der Waals surface area contributed by atoms with E-state index < -0.39 is 16.1 Å². The minimum Gasteiger partial charge on any atom is -0.354 e. The number of nitrogens with one attached hydrogen (secondary N) is 2. The van der Waals surface area contributed by atoms with E-state index in [0.717, 1.165) is 0 Å². The third-order valence-corrected chi connectivity index (χ3v) is 4.43. The van der Waals surface area contributed by atoms with E-state index in [9.17, 15) is 18.0 Å². The molecule has 1 unspecified atom stereocenters. The van der Waals surface area contributed by atoms with Crippen molar-refractivity contribution in [3.8, 4) is 0 Å². The van der Waals surface area contributed by atoms with E-state index in [-0.39, 0.29) is 24.1 Å².